The molecule has 0 saturated heterocycles. The lowest BCUT2D eigenvalue weighted by Gasteiger charge is -2.18. The summed E-state index contributed by atoms with van der Waals surface area (Å²) in [4.78, 5) is 17.0. The van der Waals surface area contributed by atoms with Crippen LogP contribution in [-0.2, 0) is 30.7 Å². The van der Waals surface area contributed by atoms with Crippen LogP contribution >= 0.6 is 23.1 Å². The zero-order valence-corrected chi connectivity index (χ0v) is 20.4. The van der Waals surface area contributed by atoms with Crippen LogP contribution < -0.4 is 0 Å². The Kier molecular flexibility index (Phi) is 9.52. The fourth-order valence-electron chi connectivity index (χ4n) is 2.98. The van der Waals surface area contributed by atoms with E-state index in [9.17, 15) is 13.2 Å². The number of fused-ring (bicyclic) bond motifs is 1. The molecule has 0 amide bonds. The lowest BCUT2D eigenvalue weighted by molar-refractivity contribution is -0.147. The van der Waals surface area contributed by atoms with Crippen molar-refractivity contribution in [2.45, 2.75) is 36.8 Å². The number of hydrogen-bond donors (Lipinski definition) is 0. The molecule has 3 aromatic rings. The molecule has 0 spiro atoms. The van der Waals surface area contributed by atoms with E-state index in [0.717, 1.165) is 26.5 Å². The first kappa shape index (κ1) is 24.7. The number of carbonyl (C=O) groups is 1. The van der Waals surface area contributed by atoms with Crippen molar-refractivity contribution in [1.29, 1.82) is 0 Å². The van der Waals surface area contributed by atoms with Crippen LogP contribution in [0.25, 0.3) is 10.2 Å². The van der Waals surface area contributed by atoms with E-state index in [4.69, 9.17) is 9.47 Å². The average Bonchev–Trinajstić information content (AvgIpc) is 3.20. The lowest BCUT2D eigenvalue weighted by atomic mass is 10.2. The van der Waals surface area contributed by atoms with Gasteiger partial charge < -0.3 is 9.47 Å². The van der Waals surface area contributed by atoms with Crippen molar-refractivity contribution < 1.29 is 22.7 Å². The van der Waals surface area contributed by atoms with Gasteiger partial charge in [-0.15, -0.1) is 11.3 Å². The SMILES string of the molecule is CCCCS(=O)(=O)CC(COCc1ccccc1)OC(=O)CSc1nc2ccccc2s1. The van der Waals surface area contributed by atoms with E-state index in [0.29, 0.717) is 13.0 Å². The number of aromatic nitrogens is 1. The quantitative estimate of drug-likeness (QED) is 0.251. The third-order valence-corrected chi connectivity index (χ3v) is 8.49. The number of para-hydroxylation sites is 1. The Morgan fingerprint density at radius 2 is 1.88 bits per heavy atom. The third-order valence-electron chi connectivity index (χ3n) is 4.55. The molecule has 1 aromatic heterocycles. The molecule has 1 heterocycles. The van der Waals surface area contributed by atoms with E-state index in [1.165, 1.54) is 23.1 Å². The largest absolute Gasteiger partial charge is 0.458 e. The molecule has 0 radical (unpaired) electrons. The van der Waals surface area contributed by atoms with Gasteiger partial charge in [-0.1, -0.05) is 67.6 Å². The molecule has 172 valence electrons. The van der Waals surface area contributed by atoms with E-state index >= 15 is 0 Å². The van der Waals surface area contributed by atoms with Crippen LogP contribution in [0.3, 0.4) is 0 Å². The van der Waals surface area contributed by atoms with E-state index in [2.05, 4.69) is 4.98 Å². The topological polar surface area (TPSA) is 82.6 Å². The van der Waals surface area contributed by atoms with Gasteiger partial charge in [0, 0.05) is 0 Å². The number of unbranched alkanes of at least 4 members (excludes halogenated alkanes) is 1. The predicted molar refractivity (Wildman–Crippen MR) is 130 cm³/mol. The normalized spacial score (nSPS) is 12.7. The standard InChI is InChI=1S/C23H27NO5S3/c1-2-3-13-32(26,27)17-19(15-28-14-18-9-5-4-6-10-18)29-22(25)16-30-23-24-20-11-7-8-12-21(20)31-23/h4-12,19H,2-3,13-17H2,1H3. The zero-order chi connectivity index (χ0) is 22.8. The van der Waals surface area contributed by atoms with Gasteiger partial charge in [0.2, 0.25) is 0 Å². The number of carbonyl (C=O) groups excluding carboxylic acids is 1. The van der Waals surface area contributed by atoms with Crippen LogP contribution in [0.4, 0.5) is 0 Å². The second-order valence-corrected chi connectivity index (χ2v) is 11.8. The Morgan fingerprint density at radius 1 is 1.12 bits per heavy atom. The summed E-state index contributed by atoms with van der Waals surface area (Å²) >= 11 is 2.80. The summed E-state index contributed by atoms with van der Waals surface area (Å²) in [6.45, 7) is 2.29. The van der Waals surface area contributed by atoms with Gasteiger partial charge >= 0.3 is 5.97 Å². The molecule has 1 atom stereocenters. The van der Waals surface area contributed by atoms with Crippen molar-refractivity contribution in [2.75, 3.05) is 23.9 Å². The van der Waals surface area contributed by atoms with Crippen molar-refractivity contribution in [3.8, 4) is 0 Å². The molecule has 0 saturated carbocycles. The van der Waals surface area contributed by atoms with Gasteiger partial charge in [-0.25, -0.2) is 13.4 Å². The molecule has 0 aliphatic carbocycles. The summed E-state index contributed by atoms with van der Waals surface area (Å²) in [6, 6.07) is 17.4. The molecule has 3 rings (SSSR count). The van der Waals surface area contributed by atoms with Gasteiger partial charge in [-0.2, -0.15) is 0 Å². The van der Waals surface area contributed by atoms with E-state index in [1.807, 2.05) is 61.5 Å². The Labute approximate surface area is 197 Å². The van der Waals surface area contributed by atoms with Gasteiger partial charge in [-0.3, -0.25) is 4.79 Å². The molecule has 0 aliphatic rings. The summed E-state index contributed by atoms with van der Waals surface area (Å²) in [5.74, 6) is -0.576. The minimum Gasteiger partial charge on any atom is -0.458 e. The van der Waals surface area contributed by atoms with Crippen LogP contribution in [0.15, 0.2) is 58.9 Å². The first-order valence-electron chi connectivity index (χ1n) is 10.4. The number of benzene rings is 2. The van der Waals surface area contributed by atoms with Crippen molar-refractivity contribution in [3.05, 3.63) is 60.2 Å². The predicted octanol–water partition coefficient (Wildman–Crippen LogP) is 4.73. The van der Waals surface area contributed by atoms with Crippen LogP contribution in [0.1, 0.15) is 25.3 Å². The number of rotatable bonds is 13. The Balaban J connectivity index is 1.55. The lowest BCUT2D eigenvalue weighted by Crippen LogP contribution is -2.32. The molecule has 0 aliphatic heterocycles. The molecule has 0 bridgehead atoms. The molecule has 6 nitrogen and oxygen atoms in total. The van der Waals surface area contributed by atoms with Crippen molar-refractivity contribution in [2.24, 2.45) is 0 Å². The number of nitrogens with zero attached hydrogens (tertiary/aromatic N) is 1. The van der Waals surface area contributed by atoms with Gasteiger partial charge in [-0.05, 0) is 24.1 Å². The van der Waals surface area contributed by atoms with Crippen molar-refractivity contribution in [1.82, 2.24) is 4.98 Å². The maximum absolute atomic E-state index is 12.5. The Morgan fingerprint density at radius 3 is 2.62 bits per heavy atom. The smallest absolute Gasteiger partial charge is 0.316 e. The van der Waals surface area contributed by atoms with E-state index < -0.39 is 21.9 Å². The highest BCUT2D eigenvalue weighted by molar-refractivity contribution is 8.01. The summed E-state index contributed by atoms with van der Waals surface area (Å²) in [5.41, 5.74) is 1.86. The number of esters is 1. The second-order valence-electron chi connectivity index (χ2n) is 7.32. The maximum atomic E-state index is 12.5. The van der Waals surface area contributed by atoms with Crippen LogP contribution in [0, 0.1) is 0 Å². The molecule has 0 N–H and O–H groups in total. The number of thiazole rings is 1. The van der Waals surface area contributed by atoms with Crippen molar-refractivity contribution >= 4 is 49.1 Å². The minimum absolute atomic E-state index is 0.0256. The molecule has 32 heavy (non-hydrogen) atoms. The molecule has 0 fully saturated rings. The van der Waals surface area contributed by atoms with Gasteiger partial charge in [0.1, 0.15) is 6.10 Å². The van der Waals surface area contributed by atoms with Gasteiger partial charge in [0.05, 0.1) is 40.7 Å². The maximum Gasteiger partial charge on any atom is 0.316 e. The Bertz CT molecular complexity index is 1070. The highest BCUT2D eigenvalue weighted by Crippen LogP contribution is 2.29. The molecule has 2 aromatic carbocycles. The molecule has 9 heteroatoms. The zero-order valence-electron chi connectivity index (χ0n) is 17.9. The number of thioether (sulfide) groups is 1. The van der Waals surface area contributed by atoms with Crippen LogP contribution in [-0.4, -0.2) is 49.3 Å². The number of ether oxygens (including phenoxy) is 2. The van der Waals surface area contributed by atoms with Crippen molar-refractivity contribution in [3.63, 3.8) is 0 Å². The van der Waals surface area contributed by atoms with Crippen LogP contribution in [0.5, 0.6) is 0 Å². The van der Waals surface area contributed by atoms with Crippen LogP contribution in [0.2, 0.25) is 0 Å². The summed E-state index contributed by atoms with van der Waals surface area (Å²) in [5, 5.41) is 0. The Hall–Kier alpha value is -1.94. The minimum atomic E-state index is -3.34. The number of hydrogen-bond acceptors (Lipinski definition) is 8. The molecular formula is C23H27NO5S3. The van der Waals surface area contributed by atoms with Gasteiger partial charge in [0.25, 0.3) is 0 Å². The highest BCUT2D eigenvalue weighted by atomic mass is 32.2. The highest BCUT2D eigenvalue weighted by Gasteiger charge is 2.23. The first-order chi connectivity index (χ1) is 15.4. The third kappa shape index (κ3) is 8.20. The fourth-order valence-corrected chi connectivity index (χ4v) is 6.46. The summed E-state index contributed by atoms with van der Waals surface area (Å²) in [6.07, 6.45) is 0.526. The van der Waals surface area contributed by atoms with Gasteiger partial charge in [0.15, 0.2) is 14.2 Å². The average molecular weight is 494 g/mol. The van der Waals surface area contributed by atoms with E-state index in [1.54, 1.807) is 0 Å². The summed E-state index contributed by atoms with van der Waals surface area (Å²) in [7, 11) is -3.34. The second kappa shape index (κ2) is 12.3. The van der Waals surface area contributed by atoms with E-state index in [-0.39, 0.29) is 23.9 Å². The fraction of sp³-hybridized carbons (Fsp3) is 0.391. The number of sulfone groups is 1. The summed E-state index contributed by atoms with van der Waals surface area (Å²) < 4.78 is 37.9. The first-order valence-corrected chi connectivity index (χ1v) is 14.1. The molecular weight excluding hydrogens is 466 g/mol. The molecule has 1 unspecified atom stereocenters. The monoisotopic (exact) mass is 493 g/mol.